The van der Waals surface area contributed by atoms with E-state index in [4.69, 9.17) is 0 Å². The fourth-order valence-corrected chi connectivity index (χ4v) is 4.05. The van der Waals surface area contributed by atoms with Crippen LogP contribution in [0.3, 0.4) is 0 Å². The molecule has 0 saturated carbocycles. The Morgan fingerprint density at radius 2 is 2.00 bits per heavy atom. The highest BCUT2D eigenvalue weighted by atomic mass is 32.2. The van der Waals surface area contributed by atoms with Crippen LogP contribution in [0.1, 0.15) is 5.56 Å². The first-order valence-electron chi connectivity index (χ1n) is 9.07. The van der Waals surface area contributed by atoms with Crippen molar-refractivity contribution in [3.63, 3.8) is 0 Å². The number of hydrogen-bond acceptors (Lipinski definition) is 6. The zero-order chi connectivity index (χ0) is 21.3. The van der Waals surface area contributed by atoms with E-state index in [1.165, 1.54) is 28.9 Å². The minimum atomic E-state index is -4.52. The summed E-state index contributed by atoms with van der Waals surface area (Å²) in [5.41, 5.74) is -1.08. The number of nitrogens with zero attached hydrogens (tertiary/aromatic N) is 5. The third-order valence-electron chi connectivity index (χ3n) is 4.56. The highest BCUT2D eigenvalue weighted by Crippen LogP contribution is 2.30. The predicted molar refractivity (Wildman–Crippen MR) is 107 cm³/mol. The topological polar surface area (TPSA) is 84.5 Å². The number of thioether (sulfide) groups is 1. The summed E-state index contributed by atoms with van der Waals surface area (Å²) in [5, 5.41) is 6.62. The molecule has 0 atom stereocenters. The molecule has 158 valence electrons. The Kier molecular flexibility index (Phi) is 5.41. The number of carbonyl (C=O) groups is 1. The number of halogens is 3. The Bertz CT molecular complexity index is 1140. The van der Waals surface area contributed by atoms with Crippen molar-refractivity contribution in [2.75, 3.05) is 34.8 Å². The molecule has 1 aliphatic heterocycles. The largest absolute Gasteiger partial charge is 0.416 e. The second-order valence-corrected chi connectivity index (χ2v) is 7.84. The van der Waals surface area contributed by atoms with Crippen LogP contribution < -0.4 is 15.9 Å². The normalized spacial score (nSPS) is 14.8. The predicted octanol–water partition coefficient (Wildman–Crippen LogP) is 2.10. The van der Waals surface area contributed by atoms with Gasteiger partial charge in [0.25, 0.3) is 0 Å². The molecular weight excluding hydrogens is 421 g/mol. The number of anilines is 2. The Balaban J connectivity index is 1.56. The summed E-state index contributed by atoms with van der Waals surface area (Å²) in [4.78, 5) is 31.3. The van der Waals surface area contributed by atoms with Crippen molar-refractivity contribution in [2.24, 2.45) is 0 Å². The third-order valence-corrected chi connectivity index (χ3v) is 5.50. The SMILES string of the molecule is O=C(Cn1nc2c(N3CCSCC3)nccn2c1=O)Nc1cccc(C(F)(F)F)c1. The van der Waals surface area contributed by atoms with Gasteiger partial charge in [-0.1, -0.05) is 6.07 Å². The van der Waals surface area contributed by atoms with Crippen molar-refractivity contribution in [3.05, 3.63) is 52.7 Å². The van der Waals surface area contributed by atoms with Gasteiger partial charge in [-0.3, -0.25) is 4.79 Å². The van der Waals surface area contributed by atoms with E-state index in [9.17, 15) is 22.8 Å². The number of rotatable bonds is 4. The van der Waals surface area contributed by atoms with Gasteiger partial charge in [0.05, 0.1) is 5.56 Å². The molecule has 1 saturated heterocycles. The summed E-state index contributed by atoms with van der Waals surface area (Å²) in [5.74, 6) is 1.77. The molecule has 1 aliphatic rings. The van der Waals surface area contributed by atoms with Crippen molar-refractivity contribution in [1.82, 2.24) is 19.2 Å². The van der Waals surface area contributed by atoms with Crippen LogP contribution in [0, 0.1) is 0 Å². The minimum Gasteiger partial charge on any atom is -0.352 e. The number of aromatic nitrogens is 4. The lowest BCUT2D eigenvalue weighted by Crippen LogP contribution is -2.33. The Hall–Kier alpha value is -3.02. The highest BCUT2D eigenvalue weighted by molar-refractivity contribution is 7.99. The van der Waals surface area contributed by atoms with Crippen molar-refractivity contribution in [3.8, 4) is 0 Å². The molecule has 0 bridgehead atoms. The van der Waals surface area contributed by atoms with Crippen molar-refractivity contribution < 1.29 is 18.0 Å². The van der Waals surface area contributed by atoms with E-state index >= 15 is 0 Å². The van der Waals surface area contributed by atoms with Crippen molar-refractivity contribution in [1.29, 1.82) is 0 Å². The Labute approximate surface area is 172 Å². The van der Waals surface area contributed by atoms with Gasteiger partial charge in [0.15, 0.2) is 5.82 Å². The van der Waals surface area contributed by atoms with Gasteiger partial charge < -0.3 is 10.2 Å². The van der Waals surface area contributed by atoms with Crippen LogP contribution in [0.5, 0.6) is 0 Å². The number of hydrogen-bond donors (Lipinski definition) is 1. The van der Waals surface area contributed by atoms with Crippen LogP contribution >= 0.6 is 11.8 Å². The van der Waals surface area contributed by atoms with Crippen molar-refractivity contribution >= 4 is 34.8 Å². The standard InChI is InChI=1S/C18H17F3N6O2S/c19-18(20,21)12-2-1-3-13(10-12)23-14(28)11-27-17(29)26-5-4-22-15(16(26)24-27)25-6-8-30-9-7-25/h1-5,10H,6-9,11H2,(H,23,28). The van der Waals surface area contributed by atoms with Gasteiger partial charge in [-0.15, -0.1) is 5.10 Å². The minimum absolute atomic E-state index is 0.0141. The molecule has 12 heteroatoms. The second kappa shape index (κ2) is 8.01. The first-order chi connectivity index (χ1) is 14.3. The molecule has 3 aromatic rings. The summed E-state index contributed by atoms with van der Waals surface area (Å²) in [6, 6.07) is 4.29. The maximum atomic E-state index is 12.8. The van der Waals surface area contributed by atoms with E-state index < -0.39 is 29.9 Å². The molecule has 1 N–H and O–H groups in total. The third kappa shape index (κ3) is 4.13. The molecule has 1 amide bonds. The van der Waals surface area contributed by atoms with Crippen LogP contribution in [-0.4, -0.2) is 49.7 Å². The van der Waals surface area contributed by atoms with Gasteiger partial charge >= 0.3 is 11.9 Å². The van der Waals surface area contributed by atoms with Crippen LogP contribution in [0.25, 0.3) is 5.65 Å². The van der Waals surface area contributed by atoms with Gasteiger partial charge in [-0.05, 0) is 18.2 Å². The van der Waals surface area contributed by atoms with Gasteiger partial charge in [0.2, 0.25) is 11.6 Å². The average Bonchev–Trinajstić information content (AvgIpc) is 3.04. The van der Waals surface area contributed by atoms with Gasteiger partial charge in [0, 0.05) is 42.7 Å². The van der Waals surface area contributed by atoms with Gasteiger partial charge in [-0.25, -0.2) is 18.9 Å². The number of fused-ring (bicyclic) bond motifs is 1. The summed E-state index contributed by atoms with van der Waals surface area (Å²) in [6.07, 6.45) is -1.55. The molecule has 30 heavy (non-hydrogen) atoms. The summed E-state index contributed by atoms with van der Waals surface area (Å²) in [6.45, 7) is 1.11. The fraction of sp³-hybridized carbons (Fsp3) is 0.333. The number of benzene rings is 1. The lowest BCUT2D eigenvalue weighted by Gasteiger charge is -2.27. The van der Waals surface area contributed by atoms with E-state index in [0.717, 1.165) is 41.4 Å². The van der Waals surface area contributed by atoms with E-state index in [1.807, 2.05) is 16.7 Å². The maximum Gasteiger partial charge on any atom is 0.416 e. The monoisotopic (exact) mass is 438 g/mol. The molecule has 8 nitrogen and oxygen atoms in total. The van der Waals surface area contributed by atoms with Crippen molar-refractivity contribution in [2.45, 2.75) is 12.7 Å². The van der Waals surface area contributed by atoms with Gasteiger partial charge in [0.1, 0.15) is 6.54 Å². The highest BCUT2D eigenvalue weighted by Gasteiger charge is 2.30. The quantitative estimate of drug-likeness (QED) is 0.672. The van der Waals surface area contributed by atoms with E-state index in [-0.39, 0.29) is 5.69 Å². The summed E-state index contributed by atoms with van der Waals surface area (Å²) < 4.78 is 40.8. The molecule has 1 fully saturated rings. The zero-order valence-corrected chi connectivity index (χ0v) is 16.4. The molecule has 0 radical (unpaired) electrons. The van der Waals surface area contributed by atoms with E-state index in [1.54, 1.807) is 0 Å². The van der Waals surface area contributed by atoms with Crippen LogP contribution in [0.4, 0.5) is 24.7 Å². The molecule has 0 aliphatic carbocycles. The number of amides is 1. The first kappa shape index (κ1) is 20.3. The summed E-state index contributed by atoms with van der Waals surface area (Å²) >= 11 is 1.83. The fourth-order valence-electron chi connectivity index (χ4n) is 3.15. The van der Waals surface area contributed by atoms with Gasteiger partial charge in [-0.2, -0.15) is 24.9 Å². The molecule has 4 rings (SSSR count). The van der Waals surface area contributed by atoms with E-state index in [2.05, 4.69) is 15.4 Å². The second-order valence-electron chi connectivity index (χ2n) is 6.61. The number of nitrogens with one attached hydrogen (secondary N) is 1. The summed E-state index contributed by atoms with van der Waals surface area (Å²) in [7, 11) is 0. The molecule has 2 aromatic heterocycles. The number of carbonyl (C=O) groups excluding carboxylic acids is 1. The Morgan fingerprint density at radius 1 is 1.23 bits per heavy atom. The molecule has 0 spiro atoms. The van der Waals surface area contributed by atoms with Crippen LogP contribution in [-0.2, 0) is 17.5 Å². The van der Waals surface area contributed by atoms with E-state index in [0.29, 0.717) is 11.5 Å². The zero-order valence-electron chi connectivity index (χ0n) is 15.6. The molecular formula is C18H17F3N6O2S. The lowest BCUT2D eigenvalue weighted by molar-refractivity contribution is -0.137. The maximum absolute atomic E-state index is 12.8. The Morgan fingerprint density at radius 3 is 2.73 bits per heavy atom. The average molecular weight is 438 g/mol. The van der Waals surface area contributed by atoms with Crippen LogP contribution in [0.15, 0.2) is 41.5 Å². The first-order valence-corrected chi connectivity index (χ1v) is 10.2. The van der Waals surface area contributed by atoms with Crippen LogP contribution in [0.2, 0.25) is 0 Å². The lowest BCUT2D eigenvalue weighted by atomic mass is 10.2. The smallest absolute Gasteiger partial charge is 0.352 e. The molecule has 0 unspecified atom stereocenters. The number of alkyl halides is 3. The molecule has 1 aromatic carbocycles. The molecule has 3 heterocycles.